The van der Waals surface area contributed by atoms with Gasteiger partial charge in [0.15, 0.2) is 0 Å². The second kappa shape index (κ2) is 5.51. The molecule has 2 atom stereocenters. The number of aromatic nitrogens is 1. The minimum atomic E-state index is 0.154. The summed E-state index contributed by atoms with van der Waals surface area (Å²) in [7, 11) is 0. The third kappa shape index (κ3) is 2.45. The summed E-state index contributed by atoms with van der Waals surface area (Å²) >= 11 is 1.58. The van der Waals surface area contributed by atoms with Gasteiger partial charge in [0.25, 0.3) is 0 Å². The van der Waals surface area contributed by atoms with Crippen LogP contribution in [-0.4, -0.2) is 17.4 Å². The maximum Gasteiger partial charge on any atom is 0.220 e. The predicted octanol–water partition coefficient (Wildman–Crippen LogP) is 3.10. The van der Waals surface area contributed by atoms with Gasteiger partial charge in [-0.3, -0.25) is 4.79 Å². The van der Waals surface area contributed by atoms with Gasteiger partial charge in [-0.05, 0) is 42.7 Å². The van der Waals surface area contributed by atoms with Crippen molar-refractivity contribution in [3.63, 3.8) is 0 Å². The Kier molecular flexibility index (Phi) is 3.49. The Bertz CT molecular complexity index is 682. The molecule has 3 nitrogen and oxygen atoms in total. The average molecular weight is 312 g/mol. The number of rotatable bonds is 5. The Morgan fingerprint density at radius 3 is 3.18 bits per heavy atom. The van der Waals surface area contributed by atoms with Crippen LogP contribution in [0.3, 0.4) is 0 Å². The first-order valence-corrected chi connectivity index (χ1v) is 8.94. The molecule has 4 rings (SSSR count). The van der Waals surface area contributed by atoms with Gasteiger partial charge >= 0.3 is 0 Å². The highest BCUT2D eigenvalue weighted by molar-refractivity contribution is 7.07. The van der Waals surface area contributed by atoms with Crippen LogP contribution in [0.25, 0.3) is 0 Å². The zero-order valence-electron chi connectivity index (χ0n) is 12.5. The van der Waals surface area contributed by atoms with Crippen molar-refractivity contribution in [2.75, 3.05) is 6.54 Å². The Hall–Kier alpha value is -1.68. The molecular weight excluding hydrogens is 292 g/mol. The molecule has 0 aliphatic heterocycles. The van der Waals surface area contributed by atoms with E-state index in [0.717, 1.165) is 18.7 Å². The van der Waals surface area contributed by atoms with E-state index < -0.39 is 0 Å². The molecule has 2 aromatic rings. The fourth-order valence-electron chi connectivity index (χ4n) is 3.93. The van der Waals surface area contributed by atoms with Crippen LogP contribution in [0, 0.1) is 5.92 Å². The highest BCUT2D eigenvalue weighted by atomic mass is 32.1. The van der Waals surface area contributed by atoms with Crippen LogP contribution in [0.1, 0.15) is 36.1 Å². The zero-order chi connectivity index (χ0) is 15.0. The van der Waals surface area contributed by atoms with E-state index in [1.54, 1.807) is 11.3 Å². The number of benzene rings is 1. The number of carbonyl (C=O) groups is 1. The molecule has 1 N–H and O–H groups in total. The molecule has 1 heterocycles. The minimum Gasteiger partial charge on any atom is -0.356 e. The Morgan fingerprint density at radius 2 is 2.32 bits per heavy atom. The molecule has 1 saturated carbocycles. The van der Waals surface area contributed by atoms with E-state index in [0.29, 0.717) is 17.8 Å². The first-order valence-electron chi connectivity index (χ1n) is 8.00. The van der Waals surface area contributed by atoms with Gasteiger partial charge in [-0.15, -0.1) is 11.3 Å². The van der Waals surface area contributed by atoms with Crippen LogP contribution in [0.2, 0.25) is 0 Å². The lowest BCUT2D eigenvalue weighted by Crippen LogP contribution is -2.27. The van der Waals surface area contributed by atoms with Crippen LogP contribution in [-0.2, 0) is 23.1 Å². The summed E-state index contributed by atoms with van der Waals surface area (Å²) in [5.74, 6) is 0.778. The van der Waals surface area contributed by atoms with Crippen molar-refractivity contribution in [1.29, 1.82) is 0 Å². The van der Waals surface area contributed by atoms with E-state index in [1.165, 1.54) is 30.4 Å². The molecule has 1 aromatic carbocycles. The molecule has 4 heteroatoms. The molecule has 1 aromatic heterocycles. The average Bonchev–Trinajstić information content (AvgIpc) is 2.89. The van der Waals surface area contributed by atoms with E-state index in [9.17, 15) is 4.79 Å². The fraction of sp³-hybridized carbons (Fsp3) is 0.444. The smallest absolute Gasteiger partial charge is 0.220 e. The molecular formula is C18H20N2OS. The monoisotopic (exact) mass is 312 g/mol. The van der Waals surface area contributed by atoms with E-state index in [2.05, 4.69) is 34.6 Å². The number of nitrogens with zero attached hydrogens (tertiary/aromatic N) is 1. The summed E-state index contributed by atoms with van der Waals surface area (Å²) in [6, 6.07) is 8.82. The number of amides is 1. The summed E-state index contributed by atoms with van der Waals surface area (Å²) in [5.41, 5.74) is 6.27. The van der Waals surface area contributed by atoms with Gasteiger partial charge < -0.3 is 5.32 Å². The molecule has 114 valence electrons. The first kappa shape index (κ1) is 13.9. The van der Waals surface area contributed by atoms with Crippen molar-refractivity contribution in [2.24, 2.45) is 5.92 Å². The highest BCUT2D eigenvalue weighted by Gasteiger charge is 2.57. The van der Waals surface area contributed by atoms with Gasteiger partial charge in [0.1, 0.15) is 0 Å². The van der Waals surface area contributed by atoms with E-state index >= 15 is 0 Å². The lowest BCUT2D eigenvalue weighted by atomic mass is 9.95. The standard InChI is InChI=1S/C18H20N2OS/c21-17(6-5-15-11-22-12-20-15)19-10-14-9-18(14)8-7-13-3-1-2-4-16(13)18/h1-4,11-12,14H,5-10H2,(H,19,21)/t14-,18-/m1/s1. The fourth-order valence-corrected chi connectivity index (χ4v) is 4.52. The van der Waals surface area contributed by atoms with Crippen molar-refractivity contribution in [3.8, 4) is 0 Å². The summed E-state index contributed by atoms with van der Waals surface area (Å²) in [6.45, 7) is 0.824. The number of aryl methyl sites for hydroxylation is 2. The van der Waals surface area contributed by atoms with Gasteiger partial charge in [0.2, 0.25) is 5.91 Å². The molecule has 0 saturated heterocycles. The van der Waals surface area contributed by atoms with Crippen molar-refractivity contribution in [3.05, 3.63) is 52.0 Å². The molecule has 0 bridgehead atoms. The van der Waals surface area contributed by atoms with Gasteiger partial charge in [-0.25, -0.2) is 4.98 Å². The van der Waals surface area contributed by atoms with Crippen LogP contribution in [0.15, 0.2) is 35.2 Å². The number of carbonyl (C=O) groups excluding carboxylic acids is 1. The SMILES string of the molecule is O=C(CCc1cscn1)NC[C@H]1C[C@]12CCc1ccccc12. The summed E-state index contributed by atoms with van der Waals surface area (Å²) in [5, 5.41) is 5.14. The second-order valence-electron chi connectivity index (χ2n) is 6.50. The summed E-state index contributed by atoms with van der Waals surface area (Å²) in [4.78, 5) is 16.2. The topological polar surface area (TPSA) is 42.0 Å². The lowest BCUT2D eigenvalue weighted by molar-refractivity contribution is -0.121. The number of nitrogens with one attached hydrogen (secondary N) is 1. The predicted molar refractivity (Wildman–Crippen MR) is 88.0 cm³/mol. The Morgan fingerprint density at radius 1 is 1.41 bits per heavy atom. The quantitative estimate of drug-likeness (QED) is 0.922. The van der Waals surface area contributed by atoms with Crippen molar-refractivity contribution in [1.82, 2.24) is 10.3 Å². The largest absolute Gasteiger partial charge is 0.356 e. The Balaban J connectivity index is 1.29. The maximum atomic E-state index is 12.0. The maximum absolute atomic E-state index is 12.0. The van der Waals surface area contributed by atoms with Crippen LogP contribution in [0.4, 0.5) is 0 Å². The molecule has 0 unspecified atom stereocenters. The number of hydrogen-bond acceptors (Lipinski definition) is 3. The van der Waals surface area contributed by atoms with Crippen molar-refractivity contribution < 1.29 is 4.79 Å². The van der Waals surface area contributed by atoms with Crippen LogP contribution >= 0.6 is 11.3 Å². The Labute approximate surface area is 134 Å². The van der Waals surface area contributed by atoms with Crippen LogP contribution < -0.4 is 5.32 Å². The molecule has 0 radical (unpaired) electrons. The second-order valence-corrected chi connectivity index (χ2v) is 7.22. The number of thiazole rings is 1. The van der Waals surface area contributed by atoms with Gasteiger partial charge in [0.05, 0.1) is 11.2 Å². The van der Waals surface area contributed by atoms with Gasteiger partial charge in [-0.1, -0.05) is 24.3 Å². The van der Waals surface area contributed by atoms with Crippen molar-refractivity contribution >= 4 is 17.2 Å². The third-order valence-corrected chi connectivity index (χ3v) is 5.90. The summed E-state index contributed by atoms with van der Waals surface area (Å²) < 4.78 is 0. The molecule has 2 aliphatic carbocycles. The molecule has 1 fully saturated rings. The van der Waals surface area contributed by atoms with Crippen molar-refractivity contribution in [2.45, 2.75) is 37.5 Å². The van der Waals surface area contributed by atoms with Gasteiger partial charge in [-0.2, -0.15) is 0 Å². The zero-order valence-corrected chi connectivity index (χ0v) is 13.4. The number of fused-ring (bicyclic) bond motifs is 2. The first-order chi connectivity index (χ1) is 10.8. The molecule has 1 spiro atoms. The minimum absolute atomic E-state index is 0.154. The van der Waals surface area contributed by atoms with E-state index in [-0.39, 0.29) is 5.91 Å². The van der Waals surface area contributed by atoms with Gasteiger partial charge in [0, 0.05) is 23.8 Å². The molecule has 22 heavy (non-hydrogen) atoms. The normalized spacial score (nSPS) is 25.2. The lowest BCUT2D eigenvalue weighted by Gasteiger charge is -2.12. The summed E-state index contributed by atoms with van der Waals surface area (Å²) in [6.07, 6.45) is 4.97. The van der Waals surface area contributed by atoms with E-state index in [4.69, 9.17) is 0 Å². The van der Waals surface area contributed by atoms with E-state index in [1.807, 2.05) is 10.9 Å². The van der Waals surface area contributed by atoms with Crippen LogP contribution in [0.5, 0.6) is 0 Å². The highest BCUT2D eigenvalue weighted by Crippen LogP contribution is 2.61. The molecule has 2 aliphatic rings. The molecule has 1 amide bonds. The number of hydrogen-bond donors (Lipinski definition) is 1. The third-order valence-electron chi connectivity index (χ3n) is 5.26.